The molecule has 0 amide bonds. The van der Waals surface area contributed by atoms with Gasteiger partial charge in [0.05, 0.1) is 24.9 Å². The van der Waals surface area contributed by atoms with Gasteiger partial charge >= 0.3 is 5.97 Å². The molecule has 0 spiro atoms. The number of ether oxygens (including phenoxy) is 1. The number of rotatable bonds is 4. The number of hydrogen-bond acceptors (Lipinski definition) is 3. The maximum Gasteiger partial charge on any atom is 0.308 e. The van der Waals surface area contributed by atoms with Crippen LogP contribution in [0.3, 0.4) is 0 Å². The van der Waals surface area contributed by atoms with E-state index >= 15 is 0 Å². The molecule has 0 aromatic carbocycles. The first-order valence-electron chi connectivity index (χ1n) is 4.70. The average Bonchev–Trinajstić information content (AvgIpc) is 2.54. The van der Waals surface area contributed by atoms with Gasteiger partial charge < -0.3 is 9.30 Å². The van der Waals surface area contributed by atoms with Crippen molar-refractivity contribution in [3.05, 3.63) is 18.7 Å². The Kier molecular flexibility index (Phi) is 3.28. The van der Waals surface area contributed by atoms with Crippen LogP contribution in [0, 0.1) is 0 Å². The normalized spacial score (nSPS) is 11.4. The molecule has 1 aromatic rings. The van der Waals surface area contributed by atoms with Gasteiger partial charge in [-0.15, -0.1) is 0 Å². The summed E-state index contributed by atoms with van der Waals surface area (Å²) in [7, 11) is 0. The number of aromatic nitrogens is 2. The van der Waals surface area contributed by atoms with E-state index in [0.717, 1.165) is 0 Å². The average molecular weight is 196 g/mol. The third-order valence-electron chi connectivity index (χ3n) is 2.09. The van der Waals surface area contributed by atoms with Crippen molar-refractivity contribution in [2.75, 3.05) is 6.61 Å². The quantitative estimate of drug-likeness (QED) is 0.686. The summed E-state index contributed by atoms with van der Waals surface area (Å²) < 4.78 is 6.81. The lowest BCUT2D eigenvalue weighted by Gasteiger charge is -2.25. The number of hydrogen-bond donors (Lipinski definition) is 0. The molecule has 0 aliphatic heterocycles. The Morgan fingerprint density at radius 2 is 2.29 bits per heavy atom. The highest BCUT2D eigenvalue weighted by Gasteiger charge is 2.23. The highest BCUT2D eigenvalue weighted by atomic mass is 16.5. The summed E-state index contributed by atoms with van der Waals surface area (Å²) in [5, 5.41) is 0. The second-order valence-electron chi connectivity index (χ2n) is 3.76. The van der Waals surface area contributed by atoms with E-state index in [1.165, 1.54) is 0 Å². The highest BCUT2D eigenvalue weighted by Crippen LogP contribution is 2.19. The minimum Gasteiger partial charge on any atom is -0.466 e. The summed E-state index contributed by atoms with van der Waals surface area (Å²) in [4.78, 5) is 15.3. The van der Waals surface area contributed by atoms with Gasteiger partial charge in [-0.25, -0.2) is 4.98 Å². The monoisotopic (exact) mass is 196 g/mol. The topological polar surface area (TPSA) is 44.1 Å². The van der Waals surface area contributed by atoms with E-state index in [2.05, 4.69) is 4.98 Å². The Morgan fingerprint density at radius 3 is 2.79 bits per heavy atom. The zero-order valence-electron chi connectivity index (χ0n) is 8.86. The van der Waals surface area contributed by atoms with E-state index in [1.54, 1.807) is 12.5 Å². The second-order valence-corrected chi connectivity index (χ2v) is 3.76. The fourth-order valence-electron chi connectivity index (χ4n) is 1.27. The molecule has 0 fully saturated rings. The predicted molar refractivity (Wildman–Crippen MR) is 52.8 cm³/mol. The molecule has 1 heterocycles. The van der Waals surface area contributed by atoms with Gasteiger partial charge in [0.1, 0.15) is 0 Å². The molecule has 0 atom stereocenters. The lowest BCUT2D eigenvalue weighted by atomic mass is 10.0. The van der Waals surface area contributed by atoms with E-state index in [4.69, 9.17) is 4.74 Å². The number of carbonyl (C=O) groups excluding carboxylic acids is 1. The molecule has 0 aliphatic rings. The predicted octanol–water partition coefficient (Wildman–Crippen LogP) is 1.57. The van der Waals surface area contributed by atoms with Crippen LogP contribution in [0.15, 0.2) is 18.7 Å². The molecule has 14 heavy (non-hydrogen) atoms. The van der Waals surface area contributed by atoms with Crippen molar-refractivity contribution in [3.8, 4) is 0 Å². The molecule has 0 saturated heterocycles. The first-order valence-corrected chi connectivity index (χ1v) is 4.70. The van der Waals surface area contributed by atoms with Crippen LogP contribution in [0.4, 0.5) is 0 Å². The summed E-state index contributed by atoms with van der Waals surface area (Å²) in [6, 6.07) is 0. The van der Waals surface area contributed by atoms with E-state index in [-0.39, 0.29) is 11.5 Å². The van der Waals surface area contributed by atoms with Gasteiger partial charge in [-0.05, 0) is 20.8 Å². The van der Waals surface area contributed by atoms with Gasteiger partial charge in [0.25, 0.3) is 0 Å². The van der Waals surface area contributed by atoms with Gasteiger partial charge in [-0.3, -0.25) is 4.79 Å². The fraction of sp³-hybridized carbons (Fsp3) is 0.600. The molecule has 0 bridgehead atoms. The Morgan fingerprint density at radius 1 is 1.57 bits per heavy atom. The second kappa shape index (κ2) is 4.26. The van der Waals surface area contributed by atoms with Crippen LogP contribution in [0.1, 0.15) is 27.2 Å². The lowest BCUT2D eigenvalue weighted by molar-refractivity contribution is -0.145. The Balaban J connectivity index is 2.63. The molecule has 4 heteroatoms. The molecule has 1 rings (SSSR count). The molecule has 78 valence electrons. The fourth-order valence-corrected chi connectivity index (χ4v) is 1.27. The van der Waals surface area contributed by atoms with Gasteiger partial charge in [0, 0.05) is 12.4 Å². The summed E-state index contributed by atoms with van der Waals surface area (Å²) in [6.07, 6.45) is 5.61. The Bertz CT molecular complexity index is 291. The third-order valence-corrected chi connectivity index (χ3v) is 2.09. The third kappa shape index (κ3) is 2.58. The number of carbonyl (C=O) groups is 1. The van der Waals surface area contributed by atoms with Crippen molar-refractivity contribution < 1.29 is 9.53 Å². The molecule has 0 aliphatic carbocycles. The molecular weight excluding hydrogens is 180 g/mol. The molecule has 4 nitrogen and oxygen atoms in total. The van der Waals surface area contributed by atoms with Crippen molar-refractivity contribution in [3.63, 3.8) is 0 Å². The minimum absolute atomic E-state index is 0.175. The van der Waals surface area contributed by atoms with Crippen LogP contribution in [0.2, 0.25) is 0 Å². The molecule has 0 unspecified atom stereocenters. The maximum absolute atomic E-state index is 11.3. The van der Waals surface area contributed by atoms with Gasteiger partial charge in [-0.1, -0.05) is 0 Å². The molecule has 1 aromatic heterocycles. The van der Waals surface area contributed by atoms with Crippen molar-refractivity contribution in [1.29, 1.82) is 0 Å². The van der Waals surface area contributed by atoms with Gasteiger partial charge in [-0.2, -0.15) is 0 Å². The summed E-state index contributed by atoms with van der Waals surface area (Å²) >= 11 is 0. The van der Waals surface area contributed by atoms with Crippen molar-refractivity contribution in [2.45, 2.75) is 32.7 Å². The van der Waals surface area contributed by atoms with Crippen molar-refractivity contribution in [2.24, 2.45) is 0 Å². The zero-order valence-corrected chi connectivity index (χ0v) is 8.86. The van der Waals surface area contributed by atoms with Crippen LogP contribution in [0.25, 0.3) is 0 Å². The first-order chi connectivity index (χ1) is 6.56. The van der Waals surface area contributed by atoms with Crippen LogP contribution < -0.4 is 0 Å². The van der Waals surface area contributed by atoms with Crippen LogP contribution >= 0.6 is 0 Å². The number of esters is 1. The maximum atomic E-state index is 11.3. The first kappa shape index (κ1) is 10.8. The molecule has 0 N–H and O–H groups in total. The standard InChI is InChI=1S/C10H16N2O2/c1-4-14-9(13)7-10(2,3)12-6-5-11-8-12/h5-6,8H,4,7H2,1-3H3. The molecular formula is C10H16N2O2. The highest BCUT2D eigenvalue weighted by molar-refractivity contribution is 5.70. The molecule has 0 radical (unpaired) electrons. The summed E-state index contributed by atoms with van der Waals surface area (Å²) in [5.41, 5.74) is -0.275. The number of imidazole rings is 1. The van der Waals surface area contributed by atoms with Crippen LogP contribution in [-0.2, 0) is 15.1 Å². The van der Waals surface area contributed by atoms with Crippen LogP contribution in [0.5, 0.6) is 0 Å². The summed E-state index contributed by atoms with van der Waals surface area (Å²) in [6.45, 7) is 6.19. The Labute approximate surface area is 83.9 Å². The van der Waals surface area contributed by atoms with Gasteiger partial charge in [0.2, 0.25) is 0 Å². The van der Waals surface area contributed by atoms with E-state index in [0.29, 0.717) is 13.0 Å². The summed E-state index contributed by atoms with van der Waals surface area (Å²) in [5.74, 6) is -0.175. The van der Waals surface area contributed by atoms with Crippen molar-refractivity contribution >= 4 is 5.97 Å². The van der Waals surface area contributed by atoms with Gasteiger partial charge in [0.15, 0.2) is 0 Å². The minimum atomic E-state index is -0.275. The van der Waals surface area contributed by atoms with E-state index < -0.39 is 0 Å². The SMILES string of the molecule is CCOC(=O)CC(C)(C)n1ccnc1. The Hall–Kier alpha value is -1.32. The largest absolute Gasteiger partial charge is 0.466 e. The number of nitrogens with zero attached hydrogens (tertiary/aromatic N) is 2. The van der Waals surface area contributed by atoms with E-state index in [1.807, 2.05) is 31.5 Å². The smallest absolute Gasteiger partial charge is 0.308 e. The van der Waals surface area contributed by atoms with Crippen molar-refractivity contribution in [1.82, 2.24) is 9.55 Å². The lowest BCUT2D eigenvalue weighted by Crippen LogP contribution is -2.29. The van der Waals surface area contributed by atoms with Crippen LogP contribution in [-0.4, -0.2) is 22.1 Å². The molecule has 0 saturated carbocycles. The van der Waals surface area contributed by atoms with E-state index in [9.17, 15) is 4.79 Å². The zero-order chi connectivity index (χ0) is 10.6.